The lowest BCUT2D eigenvalue weighted by Crippen LogP contribution is -2.38. The minimum Gasteiger partial charge on any atom is -0.354 e. The number of anilines is 3. The number of fused-ring (bicyclic) bond motifs is 1. The summed E-state index contributed by atoms with van der Waals surface area (Å²) in [5.41, 5.74) is 5.29. The summed E-state index contributed by atoms with van der Waals surface area (Å²) in [7, 11) is 3.78. The van der Waals surface area contributed by atoms with Crippen molar-refractivity contribution >= 4 is 51.7 Å². The number of nitrogens with one attached hydrogen (secondary N) is 2. The molecule has 180 valence electrons. The molecule has 7 heteroatoms. The minimum atomic E-state index is -0.186. The Labute approximate surface area is 211 Å². The van der Waals surface area contributed by atoms with Gasteiger partial charge in [-0.3, -0.25) is 9.59 Å². The Kier molecular flexibility index (Phi) is 7.54. The highest BCUT2D eigenvalue weighted by Crippen LogP contribution is 2.38. The second kappa shape index (κ2) is 10.8. The van der Waals surface area contributed by atoms with Gasteiger partial charge in [0.25, 0.3) is 5.91 Å². The SMILES string of the molecule is CCCN(C(=O)CN(C)C)c1ccc(N/C(=C2\C(=O)Nc3cc(Cl)ccc32)c2ccccc2)cc1. The molecule has 3 aromatic rings. The second-order valence-electron chi connectivity index (χ2n) is 8.72. The number of benzene rings is 3. The van der Waals surface area contributed by atoms with Crippen LogP contribution < -0.4 is 15.5 Å². The van der Waals surface area contributed by atoms with Gasteiger partial charge < -0.3 is 20.4 Å². The molecule has 6 nitrogen and oxygen atoms in total. The number of carbonyl (C=O) groups excluding carboxylic acids is 2. The zero-order valence-corrected chi connectivity index (χ0v) is 20.9. The van der Waals surface area contributed by atoms with E-state index in [9.17, 15) is 9.59 Å². The van der Waals surface area contributed by atoms with Crippen LogP contribution in [0.4, 0.5) is 17.1 Å². The van der Waals surface area contributed by atoms with Gasteiger partial charge in [0.2, 0.25) is 5.91 Å². The van der Waals surface area contributed by atoms with E-state index in [4.69, 9.17) is 11.6 Å². The highest BCUT2D eigenvalue weighted by Gasteiger charge is 2.28. The van der Waals surface area contributed by atoms with Gasteiger partial charge in [-0.2, -0.15) is 0 Å². The molecular formula is C28H29ClN4O2. The minimum absolute atomic E-state index is 0.0579. The second-order valence-corrected chi connectivity index (χ2v) is 9.15. The summed E-state index contributed by atoms with van der Waals surface area (Å²) < 4.78 is 0. The molecule has 0 radical (unpaired) electrons. The van der Waals surface area contributed by atoms with E-state index >= 15 is 0 Å². The van der Waals surface area contributed by atoms with Gasteiger partial charge >= 0.3 is 0 Å². The van der Waals surface area contributed by atoms with E-state index in [1.54, 1.807) is 12.1 Å². The molecule has 4 rings (SSSR count). The number of carbonyl (C=O) groups is 2. The van der Waals surface area contributed by atoms with Crippen LogP contribution in [0.5, 0.6) is 0 Å². The van der Waals surface area contributed by atoms with Gasteiger partial charge in [0.15, 0.2) is 0 Å². The summed E-state index contributed by atoms with van der Waals surface area (Å²) in [5, 5.41) is 6.94. The molecule has 0 fully saturated rings. The molecular weight excluding hydrogens is 460 g/mol. The highest BCUT2D eigenvalue weighted by atomic mass is 35.5. The van der Waals surface area contributed by atoms with Crippen LogP contribution in [-0.2, 0) is 9.59 Å². The van der Waals surface area contributed by atoms with E-state index < -0.39 is 0 Å². The summed E-state index contributed by atoms with van der Waals surface area (Å²) in [6.45, 7) is 3.06. The van der Waals surface area contributed by atoms with E-state index in [0.29, 0.717) is 35.1 Å². The topological polar surface area (TPSA) is 64.7 Å². The van der Waals surface area contributed by atoms with Crippen LogP contribution >= 0.6 is 11.6 Å². The van der Waals surface area contributed by atoms with Crippen molar-refractivity contribution in [2.45, 2.75) is 13.3 Å². The Morgan fingerprint density at radius 3 is 2.37 bits per heavy atom. The first-order valence-electron chi connectivity index (χ1n) is 11.6. The number of likely N-dealkylation sites (N-methyl/N-ethyl adjacent to an activating group) is 1. The van der Waals surface area contributed by atoms with Crippen LogP contribution in [0.1, 0.15) is 24.5 Å². The fraction of sp³-hybridized carbons (Fsp3) is 0.214. The van der Waals surface area contributed by atoms with E-state index in [1.165, 1.54) is 0 Å². The van der Waals surface area contributed by atoms with Crippen LogP contribution in [0, 0.1) is 0 Å². The van der Waals surface area contributed by atoms with Crippen LogP contribution in [0.2, 0.25) is 5.02 Å². The molecule has 0 saturated carbocycles. The Bertz CT molecular complexity index is 1250. The molecule has 3 aromatic carbocycles. The Morgan fingerprint density at radius 1 is 1.00 bits per heavy atom. The van der Waals surface area contributed by atoms with Gasteiger partial charge in [-0.05, 0) is 62.5 Å². The Balaban J connectivity index is 1.70. The molecule has 1 aliphatic heterocycles. The average molecular weight is 489 g/mol. The number of halogens is 1. The highest BCUT2D eigenvalue weighted by molar-refractivity contribution is 6.38. The van der Waals surface area contributed by atoms with Crippen LogP contribution in [-0.4, -0.2) is 43.9 Å². The van der Waals surface area contributed by atoms with Crippen LogP contribution in [0.15, 0.2) is 72.8 Å². The molecule has 1 aliphatic rings. The number of hydrogen-bond donors (Lipinski definition) is 2. The van der Waals surface area contributed by atoms with Crippen molar-refractivity contribution in [1.82, 2.24) is 4.90 Å². The van der Waals surface area contributed by atoms with Gasteiger partial charge in [0.1, 0.15) is 0 Å². The molecule has 2 N–H and O–H groups in total. The number of amides is 2. The van der Waals surface area contributed by atoms with Crippen LogP contribution in [0.25, 0.3) is 11.3 Å². The summed E-state index contributed by atoms with van der Waals surface area (Å²) >= 11 is 6.14. The average Bonchev–Trinajstić information content (AvgIpc) is 3.16. The lowest BCUT2D eigenvalue weighted by molar-refractivity contribution is -0.119. The number of hydrogen-bond acceptors (Lipinski definition) is 4. The van der Waals surface area contributed by atoms with E-state index in [-0.39, 0.29) is 11.8 Å². The molecule has 0 bridgehead atoms. The van der Waals surface area contributed by atoms with Crippen molar-refractivity contribution in [2.75, 3.05) is 42.7 Å². The largest absolute Gasteiger partial charge is 0.354 e. The summed E-state index contributed by atoms with van der Waals surface area (Å²) in [6, 6.07) is 22.9. The van der Waals surface area contributed by atoms with Crippen molar-refractivity contribution in [2.24, 2.45) is 0 Å². The third-order valence-corrected chi connectivity index (χ3v) is 5.92. The third kappa shape index (κ3) is 5.56. The predicted octanol–water partition coefficient (Wildman–Crippen LogP) is 5.58. The fourth-order valence-electron chi connectivity index (χ4n) is 4.12. The monoisotopic (exact) mass is 488 g/mol. The Hall–Kier alpha value is -3.61. The van der Waals surface area contributed by atoms with Crippen molar-refractivity contribution in [3.05, 3.63) is 88.9 Å². The zero-order valence-electron chi connectivity index (χ0n) is 20.1. The first-order chi connectivity index (χ1) is 16.9. The summed E-state index contributed by atoms with van der Waals surface area (Å²) in [6.07, 6.45) is 0.863. The predicted molar refractivity (Wildman–Crippen MR) is 145 cm³/mol. The summed E-state index contributed by atoms with van der Waals surface area (Å²) in [5.74, 6) is -0.129. The van der Waals surface area contributed by atoms with E-state index in [1.807, 2.05) is 84.6 Å². The Morgan fingerprint density at radius 2 is 1.71 bits per heavy atom. The van der Waals surface area contributed by atoms with Gasteiger partial charge in [0, 0.05) is 28.5 Å². The number of nitrogens with zero attached hydrogens (tertiary/aromatic N) is 2. The maximum absolute atomic E-state index is 13.0. The van der Waals surface area contributed by atoms with Gasteiger partial charge in [0.05, 0.1) is 23.5 Å². The molecule has 0 unspecified atom stereocenters. The lowest BCUT2D eigenvalue weighted by atomic mass is 10.00. The zero-order chi connectivity index (χ0) is 24.9. The first-order valence-corrected chi connectivity index (χ1v) is 12.0. The van der Waals surface area contributed by atoms with Crippen molar-refractivity contribution in [1.29, 1.82) is 0 Å². The van der Waals surface area contributed by atoms with Gasteiger partial charge in [-0.15, -0.1) is 0 Å². The van der Waals surface area contributed by atoms with E-state index in [0.717, 1.165) is 28.9 Å². The fourth-order valence-corrected chi connectivity index (χ4v) is 4.30. The standard InChI is InChI=1S/C28H29ClN4O2/c1-4-16-33(25(34)18-32(2)3)22-13-11-21(12-14-22)30-27(19-8-6-5-7-9-19)26-23-15-10-20(29)17-24(23)31-28(26)35/h5-15,17,30H,4,16,18H2,1-3H3,(H,31,35)/b27-26-. The van der Waals surface area contributed by atoms with Gasteiger partial charge in [-0.25, -0.2) is 0 Å². The first kappa shape index (κ1) is 24.5. The number of rotatable bonds is 8. The quantitative estimate of drug-likeness (QED) is 0.406. The van der Waals surface area contributed by atoms with Crippen molar-refractivity contribution in [3.8, 4) is 0 Å². The molecule has 0 aromatic heterocycles. The molecule has 0 spiro atoms. The molecule has 2 amide bonds. The molecule has 0 atom stereocenters. The molecule has 35 heavy (non-hydrogen) atoms. The summed E-state index contributed by atoms with van der Waals surface area (Å²) in [4.78, 5) is 29.5. The normalized spacial score (nSPS) is 13.9. The smallest absolute Gasteiger partial charge is 0.258 e. The molecule has 0 aliphatic carbocycles. The third-order valence-electron chi connectivity index (χ3n) is 5.69. The van der Waals surface area contributed by atoms with Crippen molar-refractivity contribution in [3.63, 3.8) is 0 Å². The van der Waals surface area contributed by atoms with E-state index in [2.05, 4.69) is 17.6 Å². The van der Waals surface area contributed by atoms with Gasteiger partial charge in [-0.1, -0.05) is 54.9 Å². The van der Waals surface area contributed by atoms with Crippen LogP contribution in [0.3, 0.4) is 0 Å². The lowest BCUT2D eigenvalue weighted by Gasteiger charge is -2.24. The van der Waals surface area contributed by atoms with Crippen molar-refractivity contribution < 1.29 is 9.59 Å². The maximum Gasteiger partial charge on any atom is 0.258 e. The molecule has 0 saturated heterocycles. The maximum atomic E-state index is 13.0. The molecule has 1 heterocycles.